The summed E-state index contributed by atoms with van der Waals surface area (Å²) < 4.78 is 0. The first-order valence-electron chi connectivity index (χ1n) is 5.87. The Morgan fingerprint density at radius 2 is 1.65 bits per heavy atom. The fourth-order valence-corrected chi connectivity index (χ4v) is 2.02. The van der Waals surface area contributed by atoms with Crippen LogP contribution in [0.25, 0.3) is 0 Å². The second-order valence-electron chi connectivity index (χ2n) is 4.18. The van der Waals surface area contributed by atoms with Gasteiger partial charge < -0.3 is 5.73 Å². The summed E-state index contributed by atoms with van der Waals surface area (Å²) in [4.78, 5) is 24.7. The Labute approximate surface area is 100 Å². The van der Waals surface area contributed by atoms with Crippen molar-refractivity contribution in [3.63, 3.8) is 0 Å². The van der Waals surface area contributed by atoms with Crippen LogP contribution in [0.2, 0.25) is 0 Å². The average molecular weight is 232 g/mol. The van der Waals surface area contributed by atoms with Gasteiger partial charge in [0.05, 0.1) is 5.69 Å². The molecule has 0 aliphatic carbocycles. The van der Waals surface area contributed by atoms with Crippen molar-refractivity contribution < 1.29 is 9.59 Å². The Kier molecular flexibility index (Phi) is 3.54. The number of nitrogens with two attached hydrogens (primary N) is 1. The molecule has 0 radical (unpaired) electrons. The van der Waals surface area contributed by atoms with Crippen molar-refractivity contribution in [2.75, 3.05) is 11.4 Å². The molecular weight excluding hydrogens is 216 g/mol. The van der Waals surface area contributed by atoms with Gasteiger partial charge in [0.1, 0.15) is 0 Å². The third-order valence-corrected chi connectivity index (χ3v) is 2.91. The van der Waals surface area contributed by atoms with Gasteiger partial charge in [-0.25, -0.2) is 0 Å². The maximum absolute atomic E-state index is 11.7. The molecule has 0 bridgehead atoms. The van der Waals surface area contributed by atoms with Crippen molar-refractivity contribution in [3.05, 3.63) is 29.8 Å². The van der Waals surface area contributed by atoms with Crippen molar-refractivity contribution in [1.29, 1.82) is 0 Å². The molecule has 4 heteroatoms. The minimum atomic E-state index is -0.104. The van der Waals surface area contributed by atoms with Crippen LogP contribution in [-0.2, 0) is 16.0 Å². The molecule has 0 unspecified atom stereocenters. The first-order valence-corrected chi connectivity index (χ1v) is 5.87. The van der Waals surface area contributed by atoms with E-state index in [1.807, 2.05) is 24.3 Å². The van der Waals surface area contributed by atoms with E-state index in [9.17, 15) is 9.59 Å². The summed E-state index contributed by atoms with van der Waals surface area (Å²) in [6, 6.07) is 7.45. The number of anilines is 1. The molecule has 0 saturated carbocycles. The molecule has 1 aromatic carbocycles. The van der Waals surface area contributed by atoms with Crippen LogP contribution in [0.1, 0.15) is 24.8 Å². The van der Waals surface area contributed by atoms with Crippen LogP contribution in [0.5, 0.6) is 0 Å². The minimum Gasteiger partial charge on any atom is -0.330 e. The zero-order valence-corrected chi connectivity index (χ0v) is 9.69. The first kappa shape index (κ1) is 11.8. The topological polar surface area (TPSA) is 63.4 Å². The zero-order chi connectivity index (χ0) is 12.3. The van der Waals surface area contributed by atoms with Crippen molar-refractivity contribution >= 4 is 17.5 Å². The molecule has 1 saturated heterocycles. The maximum atomic E-state index is 11.7. The lowest BCUT2D eigenvalue weighted by atomic mass is 10.1. The Morgan fingerprint density at radius 1 is 1.06 bits per heavy atom. The maximum Gasteiger partial charge on any atom is 0.233 e. The highest BCUT2D eigenvalue weighted by Gasteiger charge is 2.26. The third-order valence-electron chi connectivity index (χ3n) is 2.91. The quantitative estimate of drug-likeness (QED) is 0.797. The van der Waals surface area contributed by atoms with Gasteiger partial charge in [-0.15, -0.1) is 0 Å². The molecule has 1 aromatic rings. The Hall–Kier alpha value is -1.68. The molecule has 1 fully saturated rings. The van der Waals surface area contributed by atoms with Gasteiger partial charge in [0.25, 0.3) is 0 Å². The molecule has 2 rings (SSSR count). The van der Waals surface area contributed by atoms with Crippen LogP contribution in [-0.4, -0.2) is 18.4 Å². The number of benzene rings is 1. The van der Waals surface area contributed by atoms with Gasteiger partial charge in [-0.05, 0) is 37.1 Å². The van der Waals surface area contributed by atoms with Crippen molar-refractivity contribution in [2.45, 2.75) is 25.7 Å². The number of carbonyl (C=O) groups excluding carboxylic acids is 2. The van der Waals surface area contributed by atoms with E-state index in [4.69, 9.17) is 5.73 Å². The fourth-order valence-electron chi connectivity index (χ4n) is 2.02. The van der Waals surface area contributed by atoms with Crippen LogP contribution < -0.4 is 10.6 Å². The van der Waals surface area contributed by atoms with E-state index in [0.29, 0.717) is 31.5 Å². The van der Waals surface area contributed by atoms with E-state index in [1.54, 1.807) is 0 Å². The fraction of sp³-hybridized carbons (Fsp3) is 0.385. The van der Waals surface area contributed by atoms with E-state index in [-0.39, 0.29) is 11.8 Å². The smallest absolute Gasteiger partial charge is 0.233 e. The normalized spacial score (nSPS) is 16.4. The van der Waals surface area contributed by atoms with Gasteiger partial charge in [0, 0.05) is 12.8 Å². The molecule has 17 heavy (non-hydrogen) atoms. The van der Waals surface area contributed by atoms with Crippen LogP contribution in [0.4, 0.5) is 5.69 Å². The van der Waals surface area contributed by atoms with Gasteiger partial charge in [-0.3, -0.25) is 14.5 Å². The van der Waals surface area contributed by atoms with Gasteiger partial charge in [-0.1, -0.05) is 12.1 Å². The van der Waals surface area contributed by atoms with E-state index >= 15 is 0 Å². The zero-order valence-electron chi connectivity index (χ0n) is 9.69. The monoisotopic (exact) mass is 232 g/mol. The molecule has 4 nitrogen and oxygen atoms in total. The highest BCUT2D eigenvalue weighted by atomic mass is 16.2. The predicted octanol–water partition coefficient (Wildman–Crippen LogP) is 1.23. The average Bonchev–Trinajstić information content (AvgIpc) is 2.31. The lowest BCUT2D eigenvalue weighted by Gasteiger charge is -2.24. The Morgan fingerprint density at radius 3 is 2.18 bits per heavy atom. The summed E-state index contributed by atoms with van der Waals surface area (Å²) >= 11 is 0. The number of nitrogens with zero attached hydrogens (tertiary/aromatic N) is 1. The largest absolute Gasteiger partial charge is 0.330 e. The molecule has 90 valence electrons. The minimum absolute atomic E-state index is 0.104. The number of carbonyl (C=O) groups is 2. The Bertz CT molecular complexity index is 410. The molecule has 2 amide bonds. The van der Waals surface area contributed by atoms with Crippen LogP contribution in [0.15, 0.2) is 24.3 Å². The highest BCUT2D eigenvalue weighted by Crippen LogP contribution is 2.22. The third kappa shape index (κ3) is 2.53. The number of piperidine rings is 1. The Balaban J connectivity index is 2.20. The van der Waals surface area contributed by atoms with E-state index in [0.717, 1.165) is 12.0 Å². The predicted molar refractivity (Wildman–Crippen MR) is 65.5 cm³/mol. The summed E-state index contributed by atoms with van der Waals surface area (Å²) in [7, 11) is 0. The van der Waals surface area contributed by atoms with E-state index < -0.39 is 0 Å². The molecule has 1 aliphatic rings. The number of hydrogen-bond donors (Lipinski definition) is 1. The van der Waals surface area contributed by atoms with Gasteiger partial charge in [-0.2, -0.15) is 0 Å². The van der Waals surface area contributed by atoms with Crippen LogP contribution in [0, 0.1) is 0 Å². The van der Waals surface area contributed by atoms with E-state index in [2.05, 4.69) is 0 Å². The molecule has 2 N–H and O–H groups in total. The van der Waals surface area contributed by atoms with Gasteiger partial charge in [0.15, 0.2) is 0 Å². The standard InChI is InChI=1S/C13H16N2O2/c14-9-8-10-4-6-11(7-5-10)15-12(16)2-1-3-13(15)17/h4-7H,1-3,8-9,14H2. The second kappa shape index (κ2) is 5.10. The number of imide groups is 1. The number of hydrogen-bond acceptors (Lipinski definition) is 3. The highest BCUT2D eigenvalue weighted by molar-refractivity contribution is 6.16. The molecule has 0 aromatic heterocycles. The van der Waals surface area contributed by atoms with Crippen molar-refractivity contribution in [3.8, 4) is 0 Å². The molecule has 0 atom stereocenters. The molecule has 1 heterocycles. The van der Waals surface area contributed by atoms with Gasteiger partial charge in [0.2, 0.25) is 11.8 Å². The second-order valence-corrected chi connectivity index (χ2v) is 4.18. The van der Waals surface area contributed by atoms with Crippen molar-refractivity contribution in [1.82, 2.24) is 0 Å². The van der Waals surface area contributed by atoms with E-state index in [1.165, 1.54) is 4.90 Å². The summed E-state index contributed by atoms with van der Waals surface area (Å²) in [5.74, 6) is -0.208. The van der Waals surface area contributed by atoms with Crippen molar-refractivity contribution in [2.24, 2.45) is 5.73 Å². The summed E-state index contributed by atoms with van der Waals surface area (Å²) in [5.41, 5.74) is 7.25. The summed E-state index contributed by atoms with van der Waals surface area (Å²) in [6.07, 6.45) is 2.38. The van der Waals surface area contributed by atoms with Gasteiger partial charge >= 0.3 is 0 Å². The number of amides is 2. The molecular formula is C13H16N2O2. The SMILES string of the molecule is NCCc1ccc(N2C(=O)CCCC2=O)cc1. The van der Waals surface area contributed by atoms with Crippen LogP contribution in [0.3, 0.4) is 0 Å². The lowest BCUT2D eigenvalue weighted by molar-refractivity contribution is -0.129. The molecule has 0 spiro atoms. The first-order chi connectivity index (χ1) is 8.22. The lowest BCUT2D eigenvalue weighted by Crippen LogP contribution is -2.40. The summed E-state index contributed by atoms with van der Waals surface area (Å²) in [5, 5.41) is 0. The summed E-state index contributed by atoms with van der Waals surface area (Å²) in [6.45, 7) is 0.598. The van der Waals surface area contributed by atoms with Crippen LogP contribution >= 0.6 is 0 Å². The molecule has 1 aliphatic heterocycles. The number of rotatable bonds is 3.